The van der Waals surface area contributed by atoms with Gasteiger partial charge in [0, 0.05) is 12.0 Å². The lowest BCUT2D eigenvalue weighted by Gasteiger charge is -2.40. The molecule has 0 bridgehead atoms. The molecule has 1 aromatic carbocycles. The van der Waals surface area contributed by atoms with Crippen LogP contribution in [0, 0.1) is 5.92 Å². The molecule has 1 N–H and O–H groups in total. The number of fused-ring (bicyclic) bond motifs is 1. The Kier molecular flexibility index (Phi) is 5.43. The van der Waals surface area contributed by atoms with E-state index in [-0.39, 0.29) is 0 Å². The Morgan fingerprint density at radius 3 is 2.43 bits per heavy atom. The molecule has 0 aliphatic heterocycles. The van der Waals surface area contributed by atoms with E-state index in [0.717, 1.165) is 17.0 Å². The van der Waals surface area contributed by atoms with E-state index in [1.165, 1.54) is 31.2 Å². The molecule has 0 aromatic heterocycles. The molecule has 0 saturated heterocycles. The fourth-order valence-electron chi connectivity index (χ4n) is 4.63. The zero-order chi connectivity index (χ0) is 16.4. The third-order valence-electron chi connectivity index (χ3n) is 5.72. The highest BCUT2D eigenvalue weighted by Crippen LogP contribution is 2.42. The fourth-order valence-corrected chi connectivity index (χ4v) is 7.42. The van der Waals surface area contributed by atoms with E-state index in [1.54, 1.807) is 5.56 Å². The van der Waals surface area contributed by atoms with Crippen molar-refractivity contribution < 1.29 is 0 Å². The summed E-state index contributed by atoms with van der Waals surface area (Å²) in [6.45, 7) is 9.63. The lowest BCUT2D eigenvalue weighted by Crippen LogP contribution is -2.50. The van der Waals surface area contributed by atoms with Gasteiger partial charge in [-0.05, 0) is 41.0 Å². The molecular weight excluding hydrogens is 294 g/mol. The van der Waals surface area contributed by atoms with Gasteiger partial charge in [-0.25, -0.2) is 0 Å². The fraction of sp³-hybridized carbons (Fsp3) is 0.619. The van der Waals surface area contributed by atoms with Crippen LogP contribution in [0.1, 0.15) is 70.4 Å². The molecule has 3 rings (SSSR count). The van der Waals surface area contributed by atoms with E-state index >= 15 is 0 Å². The Morgan fingerprint density at radius 2 is 1.70 bits per heavy atom. The van der Waals surface area contributed by atoms with E-state index in [1.807, 2.05) is 0 Å². The summed E-state index contributed by atoms with van der Waals surface area (Å²) in [4.78, 5) is 4.18. The van der Waals surface area contributed by atoms with Crippen molar-refractivity contribution in [2.24, 2.45) is 5.92 Å². The van der Waals surface area contributed by atoms with Crippen molar-refractivity contribution in [2.45, 2.75) is 76.4 Å². The second-order valence-corrected chi connectivity index (χ2v) is 11.5. The number of rotatable bonds is 5. The summed E-state index contributed by atoms with van der Waals surface area (Å²) in [7, 11) is -0.490. The maximum Gasteiger partial charge on any atom is 0.139 e. The van der Waals surface area contributed by atoms with E-state index in [0.29, 0.717) is 12.0 Å². The number of nitrogens with one attached hydrogen (secondary N) is 1. The summed E-state index contributed by atoms with van der Waals surface area (Å²) < 4.78 is 0. The Labute approximate surface area is 144 Å². The summed E-state index contributed by atoms with van der Waals surface area (Å²) in [6, 6.07) is 9.71. The monoisotopic (exact) mass is 326 g/mol. The molecule has 2 heteroatoms. The van der Waals surface area contributed by atoms with Crippen molar-refractivity contribution in [2.75, 3.05) is 0 Å². The maximum atomic E-state index is 4.18. The zero-order valence-electron chi connectivity index (χ0n) is 15.2. The zero-order valence-corrected chi connectivity index (χ0v) is 16.2. The first-order chi connectivity index (χ1) is 11.1. The largest absolute Gasteiger partial charge is 0.335 e. The van der Waals surface area contributed by atoms with Crippen LogP contribution in [0.3, 0.4) is 0 Å². The van der Waals surface area contributed by atoms with Gasteiger partial charge in [-0.1, -0.05) is 77.0 Å². The van der Waals surface area contributed by atoms with Gasteiger partial charge < -0.3 is 4.98 Å². The van der Waals surface area contributed by atoms with Crippen LogP contribution in [0.5, 0.6) is 0 Å². The van der Waals surface area contributed by atoms with Crippen LogP contribution in [0.25, 0.3) is 6.08 Å². The molecular formula is C21H32NSi. The molecule has 1 radical (unpaired) electrons. The molecule has 23 heavy (non-hydrogen) atoms. The summed E-state index contributed by atoms with van der Waals surface area (Å²) in [5, 5.41) is 0. The van der Waals surface area contributed by atoms with Gasteiger partial charge in [0.05, 0.1) is 0 Å². The van der Waals surface area contributed by atoms with Gasteiger partial charge >= 0.3 is 0 Å². The Hall–Kier alpha value is -0.863. The lowest BCUT2D eigenvalue weighted by atomic mass is 9.75. The van der Waals surface area contributed by atoms with E-state index in [4.69, 9.17) is 0 Å². The Balaban J connectivity index is 1.79. The minimum Gasteiger partial charge on any atom is -0.335 e. The molecule has 0 amide bonds. The second kappa shape index (κ2) is 7.35. The smallest absolute Gasteiger partial charge is 0.139 e. The van der Waals surface area contributed by atoms with Crippen LogP contribution < -0.4 is 4.98 Å². The first kappa shape index (κ1) is 17.0. The maximum absolute atomic E-state index is 4.18. The molecule has 0 heterocycles. The predicted octanol–water partition coefficient (Wildman–Crippen LogP) is 5.76. The molecule has 1 aromatic rings. The summed E-state index contributed by atoms with van der Waals surface area (Å²) in [6.07, 6.45) is 10.4. The van der Waals surface area contributed by atoms with Crippen molar-refractivity contribution in [1.82, 2.24) is 4.98 Å². The van der Waals surface area contributed by atoms with Gasteiger partial charge in [-0.3, -0.25) is 0 Å². The highest BCUT2D eigenvalue weighted by Gasteiger charge is 2.36. The van der Waals surface area contributed by atoms with Crippen molar-refractivity contribution in [3.8, 4) is 0 Å². The Bertz CT molecular complexity index is 541. The standard InChI is InChI=1S/C21H32NSi/c1-15(2)23(16(3)4)22-21-12-8-7-11-20(21)19-14-13-17-9-5-6-10-18(17)19/h5-6,9-10,13-16,19-22H,7-8,11-12H2,1-4H3. The molecule has 1 saturated carbocycles. The molecule has 2 aliphatic carbocycles. The van der Waals surface area contributed by atoms with Gasteiger partial charge in [-0.15, -0.1) is 0 Å². The highest BCUT2D eigenvalue weighted by molar-refractivity contribution is 6.59. The lowest BCUT2D eigenvalue weighted by molar-refractivity contribution is 0.268. The third kappa shape index (κ3) is 3.64. The highest BCUT2D eigenvalue weighted by atomic mass is 28.3. The Morgan fingerprint density at radius 1 is 1.00 bits per heavy atom. The summed E-state index contributed by atoms with van der Waals surface area (Å²) in [5.41, 5.74) is 4.61. The van der Waals surface area contributed by atoms with Gasteiger partial charge in [-0.2, -0.15) is 0 Å². The van der Waals surface area contributed by atoms with E-state index in [9.17, 15) is 0 Å². The number of hydrogen-bond donors (Lipinski definition) is 1. The minimum atomic E-state index is -0.490. The third-order valence-corrected chi connectivity index (χ3v) is 8.91. The van der Waals surface area contributed by atoms with Gasteiger partial charge in [0.2, 0.25) is 0 Å². The SMILES string of the molecule is CC(C)[Si](NC1CCCCC1C1C=Cc2ccccc21)C(C)C. The minimum absolute atomic E-state index is 0.490. The molecule has 3 atom stereocenters. The quantitative estimate of drug-likeness (QED) is 0.679. The van der Waals surface area contributed by atoms with Gasteiger partial charge in [0.15, 0.2) is 0 Å². The molecule has 2 aliphatic rings. The van der Waals surface area contributed by atoms with Crippen molar-refractivity contribution in [3.05, 3.63) is 41.5 Å². The molecule has 3 unspecified atom stereocenters. The topological polar surface area (TPSA) is 12.0 Å². The van der Waals surface area contributed by atoms with E-state index < -0.39 is 8.96 Å². The number of allylic oxidation sites excluding steroid dienone is 1. The van der Waals surface area contributed by atoms with Crippen LogP contribution in [0.4, 0.5) is 0 Å². The normalized spacial score (nSPS) is 27.2. The molecule has 1 nitrogen and oxygen atoms in total. The van der Waals surface area contributed by atoms with Crippen LogP contribution >= 0.6 is 0 Å². The average Bonchev–Trinajstić information content (AvgIpc) is 2.96. The number of hydrogen-bond acceptors (Lipinski definition) is 1. The average molecular weight is 327 g/mol. The molecule has 125 valence electrons. The first-order valence-corrected chi connectivity index (χ1v) is 11.1. The molecule has 0 spiro atoms. The predicted molar refractivity (Wildman–Crippen MR) is 103 cm³/mol. The van der Waals surface area contributed by atoms with Crippen LogP contribution in [0.2, 0.25) is 11.1 Å². The van der Waals surface area contributed by atoms with Crippen LogP contribution in [-0.2, 0) is 0 Å². The second-order valence-electron chi connectivity index (χ2n) is 7.98. The first-order valence-electron chi connectivity index (χ1n) is 9.48. The van der Waals surface area contributed by atoms with Crippen molar-refractivity contribution in [3.63, 3.8) is 0 Å². The van der Waals surface area contributed by atoms with Crippen molar-refractivity contribution in [1.29, 1.82) is 0 Å². The van der Waals surface area contributed by atoms with Crippen LogP contribution in [0.15, 0.2) is 30.3 Å². The van der Waals surface area contributed by atoms with Gasteiger partial charge in [0.1, 0.15) is 8.96 Å². The van der Waals surface area contributed by atoms with Crippen molar-refractivity contribution >= 4 is 15.0 Å². The number of benzene rings is 1. The molecule has 1 fully saturated rings. The summed E-state index contributed by atoms with van der Waals surface area (Å²) >= 11 is 0. The van der Waals surface area contributed by atoms with E-state index in [2.05, 4.69) is 69.1 Å². The summed E-state index contributed by atoms with van der Waals surface area (Å²) in [5.74, 6) is 1.41. The van der Waals surface area contributed by atoms with Crippen LogP contribution in [-0.4, -0.2) is 15.0 Å². The van der Waals surface area contributed by atoms with Gasteiger partial charge in [0.25, 0.3) is 0 Å².